The minimum atomic E-state index is -0.745. The van der Waals surface area contributed by atoms with Crippen molar-refractivity contribution in [3.05, 3.63) is 24.3 Å². The van der Waals surface area contributed by atoms with Crippen molar-refractivity contribution in [2.24, 2.45) is 17.3 Å². The van der Waals surface area contributed by atoms with Gasteiger partial charge in [0.2, 0.25) is 0 Å². The van der Waals surface area contributed by atoms with Gasteiger partial charge in [0.25, 0.3) is 0 Å². The van der Waals surface area contributed by atoms with Crippen LogP contribution in [0.15, 0.2) is 24.3 Å². The minimum absolute atomic E-state index is 0.191. The van der Waals surface area contributed by atoms with Crippen LogP contribution in [0.25, 0.3) is 0 Å². The Morgan fingerprint density at radius 3 is 2.74 bits per heavy atom. The lowest BCUT2D eigenvalue weighted by atomic mass is 9.53. The molecule has 0 spiro atoms. The smallest absolute Gasteiger partial charge is 0.334 e. The van der Waals surface area contributed by atoms with E-state index in [4.69, 9.17) is 4.74 Å². The lowest BCUT2D eigenvalue weighted by Crippen LogP contribution is -2.57. The van der Waals surface area contributed by atoms with Gasteiger partial charge in [-0.2, -0.15) is 0 Å². The number of hydrogen-bond acceptors (Lipinski definition) is 4. The van der Waals surface area contributed by atoms with Crippen molar-refractivity contribution in [2.75, 3.05) is 0 Å². The molecule has 104 valence electrons. The fraction of sp³-hybridized carbons (Fsp3) is 0.667. The number of fused-ring (bicyclic) bond motifs is 2. The summed E-state index contributed by atoms with van der Waals surface area (Å²) in [5.41, 5.74) is 0.846. The molecule has 3 fully saturated rings. The second-order valence-corrected chi connectivity index (χ2v) is 6.39. The van der Waals surface area contributed by atoms with Crippen LogP contribution in [0.4, 0.5) is 0 Å². The zero-order valence-electron chi connectivity index (χ0n) is 11.1. The SMILES string of the molecule is C=C1CC[C@@H](O)[C@]2(C)C[C@@H]3OC(=O)C(=C)[C@@H]3[C@H](O)C12. The standard InChI is InChI=1S/C15H20O4/c1-7-4-5-10(16)15(3)6-9-11(13(17)12(7)15)8(2)14(18)19-9/h9-13,16-17H,1-2,4-6H2,3H3/t9-,10+,11-,12?,13-,15-/m0/s1. The predicted molar refractivity (Wildman–Crippen MR) is 69.1 cm³/mol. The van der Waals surface area contributed by atoms with E-state index in [0.29, 0.717) is 18.4 Å². The maximum absolute atomic E-state index is 11.6. The zero-order valence-corrected chi connectivity index (χ0v) is 11.1. The van der Waals surface area contributed by atoms with Gasteiger partial charge >= 0.3 is 5.97 Å². The van der Waals surface area contributed by atoms with Crippen LogP contribution in [0.5, 0.6) is 0 Å². The van der Waals surface area contributed by atoms with Gasteiger partial charge in [-0.3, -0.25) is 0 Å². The van der Waals surface area contributed by atoms with Gasteiger partial charge in [0.05, 0.1) is 18.1 Å². The topological polar surface area (TPSA) is 66.8 Å². The molecule has 3 rings (SSSR count). The fourth-order valence-electron chi connectivity index (χ4n) is 4.26. The van der Waals surface area contributed by atoms with Crippen molar-refractivity contribution >= 4 is 5.97 Å². The summed E-state index contributed by atoms with van der Waals surface area (Å²) in [6.07, 6.45) is 0.333. The molecular formula is C15H20O4. The Hall–Kier alpha value is -1.13. The normalized spacial score (nSPS) is 49.6. The Bertz CT molecular complexity index is 469. The summed E-state index contributed by atoms with van der Waals surface area (Å²) >= 11 is 0. The first-order valence-corrected chi connectivity index (χ1v) is 6.80. The summed E-state index contributed by atoms with van der Waals surface area (Å²) in [5, 5.41) is 21.0. The highest BCUT2D eigenvalue weighted by Gasteiger charge is 2.60. The molecule has 3 aliphatic rings. The molecule has 0 aromatic heterocycles. The Balaban J connectivity index is 2.02. The van der Waals surface area contributed by atoms with Crippen LogP contribution in [0, 0.1) is 17.3 Å². The monoisotopic (exact) mass is 264 g/mol. The van der Waals surface area contributed by atoms with E-state index in [-0.39, 0.29) is 17.9 Å². The molecule has 0 radical (unpaired) electrons. The lowest BCUT2D eigenvalue weighted by molar-refractivity contribution is -0.157. The quantitative estimate of drug-likeness (QED) is 0.392. The third-order valence-electron chi connectivity index (χ3n) is 5.32. The largest absolute Gasteiger partial charge is 0.458 e. The number of carbonyl (C=O) groups excluding carboxylic acids is 1. The number of ether oxygens (including phenoxy) is 1. The first kappa shape index (κ1) is 12.9. The fourth-order valence-corrected chi connectivity index (χ4v) is 4.26. The van der Waals surface area contributed by atoms with Crippen molar-refractivity contribution in [2.45, 2.75) is 44.5 Å². The van der Waals surface area contributed by atoms with Crippen molar-refractivity contribution in [3.8, 4) is 0 Å². The van der Waals surface area contributed by atoms with Gasteiger partial charge in [-0.1, -0.05) is 25.7 Å². The molecule has 4 nitrogen and oxygen atoms in total. The summed E-state index contributed by atoms with van der Waals surface area (Å²) in [6.45, 7) is 9.77. The number of hydrogen-bond donors (Lipinski definition) is 2. The van der Waals surface area contributed by atoms with Crippen molar-refractivity contribution in [1.29, 1.82) is 0 Å². The van der Waals surface area contributed by atoms with E-state index in [1.165, 1.54) is 0 Å². The van der Waals surface area contributed by atoms with E-state index >= 15 is 0 Å². The molecule has 1 aliphatic heterocycles. The number of aliphatic hydroxyl groups excluding tert-OH is 2. The van der Waals surface area contributed by atoms with Crippen LogP contribution >= 0.6 is 0 Å². The first-order chi connectivity index (χ1) is 8.86. The maximum Gasteiger partial charge on any atom is 0.334 e. The molecule has 2 N–H and O–H groups in total. The second kappa shape index (κ2) is 3.93. The van der Waals surface area contributed by atoms with Crippen molar-refractivity contribution in [3.63, 3.8) is 0 Å². The van der Waals surface area contributed by atoms with E-state index in [0.717, 1.165) is 12.0 Å². The van der Waals surface area contributed by atoms with Gasteiger partial charge in [-0.05, 0) is 19.3 Å². The Morgan fingerprint density at radius 1 is 1.37 bits per heavy atom. The molecule has 0 bridgehead atoms. The number of esters is 1. The molecule has 6 atom stereocenters. The van der Waals surface area contributed by atoms with E-state index in [1.807, 2.05) is 6.92 Å². The van der Waals surface area contributed by atoms with Crippen molar-refractivity contribution in [1.82, 2.24) is 0 Å². The highest BCUT2D eigenvalue weighted by molar-refractivity contribution is 5.91. The van der Waals surface area contributed by atoms with Gasteiger partial charge in [-0.25, -0.2) is 4.79 Å². The summed E-state index contributed by atoms with van der Waals surface area (Å²) in [6, 6.07) is 0. The van der Waals surface area contributed by atoms with Gasteiger partial charge < -0.3 is 14.9 Å². The summed E-state index contributed by atoms with van der Waals surface area (Å²) in [4.78, 5) is 11.6. The summed E-state index contributed by atoms with van der Waals surface area (Å²) < 4.78 is 5.31. The molecule has 1 heterocycles. The number of carbonyl (C=O) groups is 1. The van der Waals surface area contributed by atoms with Crippen molar-refractivity contribution < 1.29 is 19.7 Å². The Labute approximate surface area is 112 Å². The number of aliphatic hydroxyl groups is 2. The predicted octanol–water partition coefficient (Wildman–Crippen LogP) is 1.18. The van der Waals surface area contributed by atoms with Gasteiger partial charge in [0.1, 0.15) is 6.10 Å². The number of rotatable bonds is 0. The third-order valence-corrected chi connectivity index (χ3v) is 5.32. The van der Waals surface area contributed by atoms with Gasteiger partial charge in [0.15, 0.2) is 0 Å². The highest BCUT2D eigenvalue weighted by atomic mass is 16.6. The molecule has 2 aliphatic carbocycles. The van der Waals surface area contributed by atoms with E-state index in [9.17, 15) is 15.0 Å². The third kappa shape index (κ3) is 1.56. The van der Waals surface area contributed by atoms with Crippen LogP contribution in [0.2, 0.25) is 0 Å². The van der Waals surface area contributed by atoms with Crippen LogP contribution in [-0.4, -0.2) is 34.5 Å². The molecule has 0 aromatic carbocycles. The highest BCUT2D eigenvalue weighted by Crippen LogP contribution is 2.56. The maximum atomic E-state index is 11.6. The molecule has 1 unspecified atom stereocenters. The Morgan fingerprint density at radius 2 is 2.05 bits per heavy atom. The van der Waals surface area contributed by atoms with E-state index in [1.54, 1.807) is 0 Å². The summed E-state index contributed by atoms with van der Waals surface area (Å²) in [5.74, 6) is -0.965. The van der Waals surface area contributed by atoms with Crippen LogP contribution in [-0.2, 0) is 9.53 Å². The van der Waals surface area contributed by atoms with Gasteiger partial charge in [-0.15, -0.1) is 0 Å². The first-order valence-electron chi connectivity index (χ1n) is 6.80. The second-order valence-electron chi connectivity index (χ2n) is 6.39. The molecule has 1 saturated heterocycles. The zero-order chi connectivity index (χ0) is 13.9. The van der Waals surface area contributed by atoms with Crippen LogP contribution in [0.3, 0.4) is 0 Å². The molecule has 4 heteroatoms. The van der Waals surface area contributed by atoms with E-state index in [2.05, 4.69) is 13.2 Å². The minimum Gasteiger partial charge on any atom is -0.458 e. The molecule has 0 aromatic rings. The molecule has 2 saturated carbocycles. The lowest BCUT2D eigenvalue weighted by Gasteiger charge is -2.54. The Kier molecular flexibility index (Phi) is 2.67. The summed E-state index contributed by atoms with van der Waals surface area (Å²) in [7, 11) is 0. The molecular weight excluding hydrogens is 244 g/mol. The van der Waals surface area contributed by atoms with Crippen LogP contribution in [0.1, 0.15) is 26.2 Å². The average Bonchev–Trinajstić information content (AvgIpc) is 2.60. The average molecular weight is 264 g/mol. The molecule has 0 amide bonds. The van der Waals surface area contributed by atoms with Crippen LogP contribution < -0.4 is 0 Å². The van der Waals surface area contributed by atoms with Gasteiger partial charge in [0, 0.05) is 16.9 Å². The molecule has 19 heavy (non-hydrogen) atoms. The van der Waals surface area contributed by atoms with E-state index < -0.39 is 23.6 Å².